The normalized spacial score (nSPS) is 40.0. The third-order valence-corrected chi connectivity index (χ3v) is 17.1. The highest BCUT2D eigenvalue weighted by molar-refractivity contribution is 7.92. The summed E-state index contributed by atoms with van der Waals surface area (Å²) in [4.78, 5) is 13.1. The summed E-state index contributed by atoms with van der Waals surface area (Å²) >= 11 is 0. The summed E-state index contributed by atoms with van der Waals surface area (Å²) in [5.74, 6) is 0.0553. The van der Waals surface area contributed by atoms with E-state index in [1.54, 1.807) is 29.8 Å². The summed E-state index contributed by atoms with van der Waals surface area (Å²) in [6, 6.07) is 8.69. The highest BCUT2D eigenvalue weighted by atomic mass is 32.2. The van der Waals surface area contributed by atoms with Crippen LogP contribution in [0.5, 0.6) is 0 Å². The zero-order valence-corrected chi connectivity index (χ0v) is 33.7. The summed E-state index contributed by atoms with van der Waals surface area (Å²) in [5.41, 5.74) is 0.852. The molecule has 0 radical (unpaired) electrons. The molecule has 3 unspecified atom stereocenters. The van der Waals surface area contributed by atoms with E-state index in [-0.39, 0.29) is 40.0 Å². The van der Waals surface area contributed by atoms with Crippen LogP contribution in [0, 0.1) is 40.4 Å². The lowest BCUT2D eigenvalue weighted by Gasteiger charge is -2.59. The molecule has 1 aromatic rings. The van der Waals surface area contributed by atoms with Crippen molar-refractivity contribution >= 4 is 15.8 Å². The minimum atomic E-state index is -3.98. The molecule has 5 fully saturated rings. The first-order chi connectivity index (χ1) is 24.5. The molecule has 290 valence electrons. The van der Waals surface area contributed by atoms with Crippen LogP contribution in [0.2, 0.25) is 0 Å². The average Bonchev–Trinajstić information content (AvgIpc) is 3.55. The molecular weight excluding hydrogens is 677 g/mol. The highest BCUT2D eigenvalue weighted by Gasteiger charge is 2.63. The van der Waals surface area contributed by atoms with Crippen molar-refractivity contribution in [3.63, 3.8) is 0 Å². The second kappa shape index (κ2) is 14.1. The molecule has 0 amide bonds. The maximum atomic E-state index is 15.0. The van der Waals surface area contributed by atoms with Gasteiger partial charge in [-0.3, -0.25) is 4.79 Å². The lowest BCUT2D eigenvalue weighted by atomic mass is 9.47. The molecule has 8 nitrogen and oxygen atoms in total. The van der Waals surface area contributed by atoms with Gasteiger partial charge in [0.15, 0.2) is 21.9 Å². The maximum absolute atomic E-state index is 15.0. The molecule has 12 atom stereocenters. The molecule has 9 heteroatoms. The van der Waals surface area contributed by atoms with Gasteiger partial charge in [-0.2, -0.15) is 0 Å². The Morgan fingerprint density at radius 2 is 1.67 bits per heavy atom. The largest absolute Gasteiger partial charge is 0.458 e. The Balaban J connectivity index is 1.18. The van der Waals surface area contributed by atoms with Gasteiger partial charge in [-0.05, 0) is 151 Å². The van der Waals surface area contributed by atoms with Crippen LogP contribution in [0.1, 0.15) is 126 Å². The van der Waals surface area contributed by atoms with E-state index in [9.17, 15) is 4.79 Å². The quantitative estimate of drug-likeness (QED) is 0.183. The Morgan fingerprint density at radius 3 is 2.33 bits per heavy atom. The predicted octanol–water partition coefficient (Wildman–Crippen LogP) is 8.82. The molecule has 0 aromatic heterocycles. The summed E-state index contributed by atoms with van der Waals surface area (Å²) in [6.07, 6.45) is 12.9. The Bertz CT molecular complexity index is 1600. The molecule has 0 bridgehead atoms. The van der Waals surface area contributed by atoms with E-state index in [0.717, 1.165) is 70.8 Å². The smallest absolute Gasteiger partial charge is 0.303 e. The molecule has 3 saturated carbocycles. The molecule has 0 spiro atoms. The lowest BCUT2D eigenvalue weighted by Crippen LogP contribution is -2.57. The van der Waals surface area contributed by atoms with Crippen LogP contribution in [0.3, 0.4) is 0 Å². The first kappa shape index (κ1) is 38.5. The fourth-order valence-corrected chi connectivity index (χ4v) is 14.7. The minimum Gasteiger partial charge on any atom is -0.458 e. The van der Waals surface area contributed by atoms with Crippen molar-refractivity contribution in [2.45, 2.75) is 172 Å². The van der Waals surface area contributed by atoms with E-state index < -0.39 is 44.7 Å². The molecule has 6 aliphatic rings. The summed E-state index contributed by atoms with van der Waals surface area (Å²) in [5, 5.41) is -1.02. The molecule has 2 heterocycles. The van der Waals surface area contributed by atoms with E-state index in [1.807, 2.05) is 33.8 Å². The molecule has 52 heavy (non-hydrogen) atoms. The molecule has 0 N–H and O–H groups in total. The van der Waals surface area contributed by atoms with Gasteiger partial charge in [0.1, 0.15) is 17.5 Å². The Morgan fingerprint density at radius 1 is 0.923 bits per heavy atom. The minimum absolute atomic E-state index is 0.0338. The first-order valence-corrected chi connectivity index (χ1v) is 21.8. The van der Waals surface area contributed by atoms with Crippen LogP contribution < -0.4 is 0 Å². The van der Waals surface area contributed by atoms with Crippen LogP contribution in [0.15, 0.2) is 46.9 Å². The maximum Gasteiger partial charge on any atom is 0.303 e. The number of hydrogen-bond acceptors (Lipinski definition) is 8. The van der Waals surface area contributed by atoms with Gasteiger partial charge in [-0.25, -0.2) is 8.42 Å². The zero-order chi connectivity index (χ0) is 37.3. The molecule has 7 rings (SSSR count). The van der Waals surface area contributed by atoms with Gasteiger partial charge >= 0.3 is 5.97 Å². The van der Waals surface area contributed by atoms with E-state index in [0.29, 0.717) is 17.8 Å². The second-order valence-electron chi connectivity index (χ2n) is 18.7. The van der Waals surface area contributed by atoms with Gasteiger partial charge in [0.05, 0.1) is 16.6 Å². The standard InChI is InChI=1S/C43H64O8S/c1-27(38(52(45,46)31-14-10-9-11-15-31)37(48-28(2)44)39-40(3,4)51-41(5,6)50-39)33-19-20-34-32-18-17-29-26-30(49-36-16-12-13-25-47-36)21-23-42(29,7)35(32)22-24-43(33,34)8/h9-11,14-15,17,27,30,32-39H,12-13,16,18-26H2,1-8H3/t27-,30-,32-,33+,34-,35-,36?,37?,38?,39+,42-,43+/m0/s1. The van der Waals surface area contributed by atoms with Crippen LogP contribution in [0.4, 0.5) is 0 Å². The van der Waals surface area contributed by atoms with Crippen LogP contribution in [-0.4, -0.2) is 62.2 Å². The number of hydrogen-bond donors (Lipinski definition) is 0. The van der Waals surface area contributed by atoms with Gasteiger partial charge in [0, 0.05) is 13.5 Å². The summed E-state index contributed by atoms with van der Waals surface area (Å²) in [6.45, 7) is 16.7. The van der Waals surface area contributed by atoms with Crippen molar-refractivity contribution in [2.24, 2.45) is 40.4 Å². The third kappa shape index (κ3) is 6.86. The molecule has 4 aliphatic carbocycles. The second-order valence-corrected chi connectivity index (χ2v) is 20.8. The number of carbonyl (C=O) groups excluding carboxylic acids is 1. The van der Waals surface area contributed by atoms with E-state index in [2.05, 4.69) is 26.8 Å². The average molecular weight is 741 g/mol. The van der Waals surface area contributed by atoms with Crippen molar-refractivity contribution in [3.8, 4) is 0 Å². The monoisotopic (exact) mass is 740 g/mol. The fourth-order valence-electron chi connectivity index (χ4n) is 12.6. The Hall–Kier alpha value is -1.78. The van der Waals surface area contributed by atoms with Crippen molar-refractivity contribution in [2.75, 3.05) is 6.61 Å². The SMILES string of the molecule is CC(=O)OC(C([C@@H](C)[C@H]1CC[C@H]2[C@@H]3CC=C4C[C@@H](OC5CCCCO5)CC[C@]4(C)[C@H]3CC[C@]12C)S(=O)(=O)c1ccccc1)[C@H]1OC(C)(C)OC1(C)C. The number of allylic oxidation sites excluding steroid dienone is 1. The number of sulfone groups is 1. The number of rotatable bonds is 9. The Kier molecular flexibility index (Phi) is 10.4. The lowest BCUT2D eigenvalue weighted by molar-refractivity contribution is -0.195. The number of benzene rings is 1. The number of ether oxygens (including phenoxy) is 5. The van der Waals surface area contributed by atoms with Gasteiger partial charge in [0.25, 0.3) is 0 Å². The zero-order valence-electron chi connectivity index (χ0n) is 32.9. The van der Waals surface area contributed by atoms with Crippen LogP contribution >= 0.6 is 0 Å². The Labute approximate surface area is 313 Å². The first-order valence-electron chi connectivity index (χ1n) is 20.3. The predicted molar refractivity (Wildman–Crippen MR) is 200 cm³/mol. The molecule has 2 saturated heterocycles. The summed E-state index contributed by atoms with van der Waals surface area (Å²) in [7, 11) is -3.98. The van der Waals surface area contributed by atoms with Gasteiger partial charge in [-0.1, -0.05) is 50.6 Å². The van der Waals surface area contributed by atoms with Gasteiger partial charge in [0.2, 0.25) is 0 Å². The summed E-state index contributed by atoms with van der Waals surface area (Å²) < 4.78 is 61.4. The highest BCUT2D eigenvalue weighted by Crippen LogP contribution is 2.68. The van der Waals surface area contributed by atoms with Gasteiger partial charge in [-0.15, -0.1) is 0 Å². The van der Waals surface area contributed by atoms with E-state index in [1.165, 1.54) is 13.3 Å². The van der Waals surface area contributed by atoms with Gasteiger partial charge < -0.3 is 23.7 Å². The molecular formula is C43H64O8S. The van der Waals surface area contributed by atoms with E-state index in [4.69, 9.17) is 23.7 Å². The number of fused-ring (bicyclic) bond motifs is 5. The van der Waals surface area contributed by atoms with Crippen molar-refractivity contribution in [1.82, 2.24) is 0 Å². The van der Waals surface area contributed by atoms with E-state index >= 15 is 8.42 Å². The third-order valence-electron chi connectivity index (χ3n) is 14.7. The topological polar surface area (TPSA) is 97.4 Å². The molecule has 2 aliphatic heterocycles. The van der Waals surface area contributed by atoms with Crippen LogP contribution in [-0.2, 0) is 38.3 Å². The van der Waals surface area contributed by atoms with Crippen molar-refractivity contribution in [1.29, 1.82) is 0 Å². The van der Waals surface area contributed by atoms with Crippen molar-refractivity contribution < 1.29 is 36.9 Å². The van der Waals surface area contributed by atoms with Crippen LogP contribution in [0.25, 0.3) is 0 Å². The van der Waals surface area contributed by atoms with Crippen molar-refractivity contribution in [3.05, 3.63) is 42.0 Å². The molecule has 1 aromatic carbocycles. The number of carbonyl (C=O) groups is 1. The fraction of sp³-hybridized carbons (Fsp3) is 0.791. The number of esters is 1.